The fraction of sp³-hybridized carbons (Fsp3) is 0.267. The molecule has 0 saturated carbocycles. The lowest BCUT2D eigenvalue weighted by atomic mass is 9.97. The molecule has 0 saturated heterocycles. The second-order valence-corrected chi connectivity index (χ2v) is 19.1. The fourth-order valence-corrected chi connectivity index (χ4v) is 10.0. The third-order valence-corrected chi connectivity index (χ3v) is 13.2. The zero-order valence-corrected chi connectivity index (χ0v) is 38.1. The number of benzene rings is 5. The van der Waals surface area contributed by atoms with E-state index < -0.39 is 47.5 Å². The molecule has 0 spiro atoms. The van der Waals surface area contributed by atoms with Crippen LogP contribution in [0.2, 0.25) is 0 Å². The Kier molecular flexibility index (Phi) is 14.9. The molecule has 20 heteroatoms. The summed E-state index contributed by atoms with van der Waals surface area (Å²) in [6.45, 7) is 4.03. The van der Waals surface area contributed by atoms with Crippen molar-refractivity contribution in [2.24, 2.45) is 0 Å². The summed E-state index contributed by atoms with van der Waals surface area (Å²) in [5, 5.41) is 25.6. The van der Waals surface area contributed by atoms with Gasteiger partial charge in [0.15, 0.2) is 0 Å². The van der Waals surface area contributed by atoms with E-state index >= 15 is 8.42 Å². The molecule has 342 valence electrons. The maximum absolute atomic E-state index is 15.8. The maximum atomic E-state index is 15.8. The number of hydrogen-bond donors (Lipinski definition) is 3. The van der Waals surface area contributed by atoms with E-state index in [2.05, 4.69) is 25.4 Å². The number of carboxylic acid groups (broad SMARTS) is 1. The van der Waals surface area contributed by atoms with Crippen LogP contribution in [0, 0.1) is 0 Å². The lowest BCUT2D eigenvalue weighted by Gasteiger charge is -2.26. The van der Waals surface area contributed by atoms with Crippen molar-refractivity contribution < 1.29 is 50.5 Å². The number of carbonyl (C=O) groups is 2. The van der Waals surface area contributed by atoms with E-state index in [1.54, 1.807) is 99.6 Å². The van der Waals surface area contributed by atoms with Crippen LogP contribution in [0.15, 0.2) is 119 Å². The Labute approximate surface area is 377 Å². The number of aromatic nitrogens is 4. The number of ether oxygens (including phenoxy) is 4. The molecule has 6 rings (SSSR count). The first-order valence-electron chi connectivity index (χ1n) is 20.0. The number of sulfonamides is 2. The fourth-order valence-electron chi connectivity index (χ4n) is 6.58. The molecule has 0 fully saturated rings. The molecule has 0 atom stereocenters. The molecule has 1 heterocycles. The Morgan fingerprint density at radius 3 is 1.82 bits per heavy atom. The van der Waals surface area contributed by atoms with Crippen LogP contribution in [0.25, 0.3) is 22.5 Å². The summed E-state index contributed by atoms with van der Waals surface area (Å²) in [4.78, 5) is 24.5. The number of methoxy groups -OCH3 is 3. The molecule has 0 bridgehead atoms. The Balaban J connectivity index is 1.58. The molecule has 65 heavy (non-hydrogen) atoms. The van der Waals surface area contributed by atoms with Gasteiger partial charge in [0.1, 0.15) is 32.6 Å². The first-order chi connectivity index (χ1) is 30.9. The molecule has 0 radical (unpaired) electrons. The van der Waals surface area contributed by atoms with Crippen molar-refractivity contribution in [1.82, 2.24) is 34.6 Å². The van der Waals surface area contributed by atoms with Gasteiger partial charge < -0.3 is 29.4 Å². The molecule has 5 aromatic carbocycles. The maximum Gasteiger partial charge on any atom is 0.407 e. The minimum Gasteiger partial charge on any atom is -0.497 e. The van der Waals surface area contributed by atoms with Crippen LogP contribution < -0.4 is 24.2 Å². The van der Waals surface area contributed by atoms with Crippen LogP contribution in [0.4, 0.5) is 4.79 Å². The predicted octanol–water partition coefficient (Wildman–Crippen LogP) is 5.97. The van der Waals surface area contributed by atoms with E-state index in [1.165, 1.54) is 50.4 Å². The lowest BCUT2D eigenvalue weighted by Crippen LogP contribution is -2.38. The first kappa shape index (κ1) is 47.6. The number of rotatable bonds is 19. The van der Waals surface area contributed by atoms with Crippen LogP contribution in [0.5, 0.6) is 17.2 Å². The van der Waals surface area contributed by atoms with Crippen molar-refractivity contribution in [3.05, 3.63) is 131 Å². The van der Waals surface area contributed by atoms with Gasteiger partial charge in [-0.25, -0.2) is 31.1 Å². The number of alkyl carbamates (subject to hydrolysis) is 1. The number of amides is 1. The monoisotopic (exact) mass is 927 g/mol. The number of hydrogen-bond acceptors (Lipinski definition) is 13. The van der Waals surface area contributed by atoms with Crippen molar-refractivity contribution in [2.75, 3.05) is 34.4 Å². The summed E-state index contributed by atoms with van der Waals surface area (Å²) >= 11 is 0. The first-order valence-corrected chi connectivity index (χ1v) is 23.0. The van der Waals surface area contributed by atoms with Crippen molar-refractivity contribution in [3.63, 3.8) is 0 Å². The molecule has 0 aliphatic rings. The van der Waals surface area contributed by atoms with Crippen molar-refractivity contribution >= 4 is 32.1 Å². The van der Waals surface area contributed by atoms with E-state index in [9.17, 15) is 23.1 Å². The third-order valence-electron chi connectivity index (χ3n) is 9.71. The van der Waals surface area contributed by atoms with E-state index in [0.29, 0.717) is 28.4 Å². The lowest BCUT2D eigenvalue weighted by molar-refractivity contribution is 0.0528. The van der Waals surface area contributed by atoms with Gasteiger partial charge in [-0.15, -0.1) is 10.2 Å². The minimum atomic E-state index is -4.99. The molecular weight excluding hydrogens is 879 g/mol. The number of carbonyl (C=O) groups excluding carboxylic acids is 1. The highest BCUT2D eigenvalue weighted by atomic mass is 32.2. The second kappa shape index (κ2) is 20.3. The Hall–Kier alpha value is -6.87. The number of carboxylic acids is 1. The molecular formula is C45H49N7O11S2. The Morgan fingerprint density at radius 2 is 1.29 bits per heavy atom. The van der Waals surface area contributed by atoms with Gasteiger partial charge in [0.25, 0.3) is 0 Å². The van der Waals surface area contributed by atoms with Crippen molar-refractivity contribution in [3.8, 4) is 39.8 Å². The molecule has 18 nitrogen and oxygen atoms in total. The minimum absolute atomic E-state index is 0.0775. The number of tetrazole rings is 1. The normalized spacial score (nSPS) is 11.9. The molecule has 0 unspecified atom stereocenters. The van der Waals surface area contributed by atoms with Gasteiger partial charge in [-0.3, -0.25) is 0 Å². The van der Waals surface area contributed by atoms with Crippen LogP contribution in [-0.4, -0.2) is 98.5 Å². The van der Waals surface area contributed by atoms with Gasteiger partial charge in [0.05, 0.1) is 39.0 Å². The average molecular weight is 928 g/mol. The number of aromatic carboxylic acids is 1. The second-order valence-electron chi connectivity index (χ2n) is 15.5. The van der Waals surface area contributed by atoms with E-state index in [1.807, 2.05) is 0 Å². The molecule has 1 aromatic heterocycles. The van der Waals surface area contributed by atoms with Crippen LogP contribution in [0.3, 0.4) is 0 Å². The number of nitrogens with one attached hydrogen (secondary N) is 2. The number of nitrogens with zero attached hydrogens (tertiary/aromatic N) is 5. The van der Waals surface area contributed by atoms with Crippen LogP contribution in [-0.2, 0) is 44.4 Å². The quantitative estimate of drug-likeness (QED) is 0.0795. The Bertz CT molecular complexity index is 2800. The average Bonchev–Trinajstić information content (AvgIpc) is 3.75. The molecule has 3 N–H and O–H groups in total. The van der Waals surface area contributed by atoms with Gasteiger partial charge in [0.2, 0.25) is 25.9 Å². The standard InChI is InChI=1S/C45H49N7O11S2/c1-45(2,3)63-44(55)46-24-25-47-64(56,57)39-23-22-38(33-8-7-9-34(26-33)43(53)54)40(42-48-50-52(49-42)29-32-14-20-37(62-6)21-15-32)41(39)65(58,59)51(27-30-10-16-35(60-4)17-11-30)28-31-12-18-36(61-5)19-13-31/h7-23,26,47H,24-25,27-29H2,1-6H3,(H,46,55)(H,53,54). The van der Waals surface area contributed by atoms with Gasteiger partial charge in [-0.1, -0.05) is 54.6 Å². The highest BCUT2D eigenvalue weighted by Gasteiger charge is 2.38. The van der Waals surface area contributed by atoms with Gasteiger partial charge in [-0.2, -0.15) is 9.10 Å². The zero-order chi connectivity index (χ0) is 46.9. The highest BCUT2D eigenvalue weighted by Crippen LogP contribution is 2.41. The summed E-state index contributed by atoms with van der Waals surface area (Å²) < 4.78 is 85.7. The molecule has 0 aliphatic carbocycles. The largest absolute Gasteiger partial charge is 0.497 e. The highest BCUT2D eigenvalue weighted by molar-refractivity contribution is 7.92. The SMILES string of the molecule is COc1ccc(CN(Cc2ccc(OC)cc2)S(=O)(=O)c2c(S(=O)(=O)NCCNC(=O)OC(C)(C)C)ccc(-c3cccc(C(=O)O)c3)c2-c2nnn(Cc3ccc(OC)cc3)n2)cc1. The topological polar surface area (TPSA) is 230 Å². The van der Waals surface area contributed by atoms with Crippen molar-refractivity contribution in [1.29, 1.82) is 0 Å². The molecule has 6 aromatic rings. The van der Waals surface area contributed by atoms with Gasteiger partial charge in [-0.05, 0) is 108 Å². The summed E-state index contributed by atoms with van der Waals surface area (Å²) in [6, 6.07) is 28.7. The van der Waals surface area contributed by atoms with Crippen LogP contribution in [0.1, 0.15) is 47.8 Å². The third kappa shape index (κ3) is 12.0. The van der Waals surface area contributed by atoms with E-state index in [0.717, 1.165) is 15.9 Å². The zero-order valence-electron chi connectivity index (χ0n) is 36.5. The smallest absolute Gasteiger partial charge is 0.407 e. The molecule has 0 aliphatic heterocycles. The summed E-state index contributed by atoms with van der Waals surface area (Å²) in [6.07, 6.45) is -0.785. The summed E-state index contributed by atoms with van der Waals surface area (Å²) in [5.74, 6) is 0.149. The van der Waals surface area contributed by atoms with Gasteiger partial charge >= 0.3 is 12.1 Å². The Morgan fingerprint density at radius 1 is 0.738 bits per heavy atom. The van der Waals surface area contributed by atoms with Gasteiger partial charge in [0, 0.05) is 26.2 Å². The van der Waals surface area contributed by atoms with E-state index in [-0.39, 0.29) is 60.8 Å². The van der Waals surface area contributed by atoms with E-state index in [4.69, 9.17) is 18.9 Å². The van der Waals surface area contributed by atoms with Crippen molar-refractivity contribution in [2.45, 2.75) is 55.8 Å². The summed E-state index contributed by atoms with van der Waals surface area (Å²) in [5.41, 5.74) is 0.922. The van der Waals surface area contributed by atoms with Crippen LogP contribution >= 0.6 is 0 Å². The molecule has 1 amide bonds. The predicted molar refractivity (Wildman–Crippen MR) is 240 cm³/mol. The summed E-state index contributed by atoms with van der Waals surface area (Å²) in [7, 11) is -5.22.